The molecule has 0 aliphatic heterocycles. The largest absolute Gasteiger partial charge is 0.459 e. The smallest absolute Gasteiger partial charge is 0.283 e. The topological polar surface area (TPSA) is 98.4 Å². The minimum absolute atomic E-state index is 0.0684. The van der Waals surface area contributed by atoms with Crippen molar-refractivity contribution in [2.45, 2.75) is 32.7 Å². The van der Waals surface area contributed by atoms with Crippen LogP contribution in [0.25, 0.3) is 23.0 Å². The minimum atomic E-state index is -0.317. The van der Waals surface area contributed by atoms with E-state index < -0.39 is 0 Å². The first-order valence-corrected chi connectivity index (χ1v) is 9.97. The lowest BCUT2D eigenvalue weighted by atomic mass is 10.2. The third-order valence-electron chi connectivity index (χ3n) is 4.61. The van der Waals surface area contributed by atoms with Crippen LogP contribution in [0.1, 0.15) is 31.5 Å². The van der Waals surface area contributed by atoms with Crippen LogP contribution in [0.15, 0.2) is 62.1 Å². The second kappa shape index (κ2) is 9.38. The van der Waals surface area contributed by atoms with Crippen LogP contribution in [0.3, 0.4) is 0 Å². The van der Waals surface area contributed by atoms with Gasteiger partial charge >= 0.3 is 0 Å². The van der Waals surface area contributed by atoms with E-state index in [9.17, 15) is 9.18 Å². The summed E-state index contributed by atoms with van der Waals surface area (Å²) in [7, 11) is 0. The van der Waals surface area contributed by atoms with Gasteiger partial charge in [-0.25, -0.2) is 9.37 Å². The van der Waals surface area contributed by atoms with Crippen molar-refractivity contribution in [3.05, 3.63) is 66.5 Å². The Bertz CT molecular complexity index is 1120. The number of amides is 1. The molecule has 0 unspecified atom stereocenters. The average Bonchev–Trinajstić information content (AvgIpc) is 3.53. The Kier molecular flexibility index (Phi) is 6.21. The number of carbonyl (C=O) groups excluding carboxylic acids is 1. The van der Waals surface area contributed by atoms with Gasteiger partial charge in [-0.1, -0.05) is 6.92 Å². The number of nitrogens with zero attached hydrogens (tertiary/aromatic N) is 4. The molecule has 1 aromatic carbocycles. The Balaban J connectivity index is 1.36. The maximum atomic E-state index is 13.1. The van der Waals surface area contributed by atoms with Crippen molar-refractivity contribution in [3.8, 4) is 23.0 Å². The molecular formula is C22H21FN4O4. The summed E-state index contributed by atoms with van der Waals surface area (Å²) in [6, 6.07) is 9.42. The highest BCUT2D eigenvalue weighted by atomic mass is 19.1. The van der Waals surface area contributed by atoms with Gasteiger partial charge in [0, 0.05) is 24.9 Å². The Hall–Kier alpha value is -3.75. The summed E-state index contributed by atoms with van der Waals surface area (Å²) in [5, 5.41) is 7.97. The number of hydrogen-bond donors (Lipinski definition) is 0. The molecule has 0 aliphatic carbocycles. The van der Waals surface area contributed by atoms with Crippen LogP contribution < -0.4 is 0 Å². The van der Waals surface area contributed by atoms with Gasteiger partial charge in [-0.05, 0) is 42.8 Å². The van der Waals surface area contributed by atoms with Gasteiger partial charge in [-0.3, -0.25) is 4.79 Å². The molecule has 0 spiro atoms. The zero-order valence-electron chi connectivity index (χ0n) is 17.0. The van der Waals surface area contributed by atoms with Gasteiger partial charge in [0.05, 0.1) is 19.0 Å². The van der Waals surface area contributed by atoms with E-state index in [0.29, 0.717) is 36.3 Å². The van der Waals surface area contributed by atoms with Crippen LogP contribution in [0.2, 0.25) is 0 Å². The zero-order chi connectivity index (χ0) is 21.6. The van der Waals surface area contributed by atoms with Crippen LogP contribution in [0, 0.1) is 5.82 Å². The molecule has 160 valence electrons. The molecule has 0 aliphatic rings. The quantitative estimate of drug-likeness (QED) is 0.390. The standard InChI is InChI=1S/C22H21FN4O4/c1-2-11-27(14-20-25-26-22(31-20)17-4-3-12-29-17)21(28)10-9-19-24-13-18(30-19)15-5-7-16(23)8-6-15/h3-8,12-13H,2,9-11,14H2,1H3. The summed E-state index contributed by atoms with van der Waals surface area (Å²) in [4.78, 5) is 18.7. The predicted molar refractivity (Wildman–Crippen MR) is 108 cm³/mol. The monoisotopic (exact) mass is 424 g/mol. The molecule has 0 saturated heterocycles. The number of halogens is 1. The van der Waals surface area contributed by atoms with Crippen molar-refractivity contribution in [2.75, 3.05) is 6.54 Å². The van der Waals surface area contributed by atoms with Gasteiger partial charge in [-0.15, -0.1) is 10.2 Å². The molecule has 0 N–H and O–H groups in total. The normalized spacial score (nSPS) is 11.0. The van der Waals surface area contributed by atoms with Crippen LogP contribution in [-0.2, 0) is 17.8 Å². The SMILES string of the molecule is CCCN(Cc1nnc(-c2ccco2)o1)C(=O)CCc1ncc(-c2ccc(F)cc2)o1. The first-order chi connectivity index (χ1) is 15.1. The average molecular weight is 424 g/mol. The number of oxazole rings is 1. The van der Waals surface area contributed by atoms with E-state index in [-0.39, 0.29) is 30.6 Å². The Morgan fingerprint density at radius 2 is 1.90 bits per heavy atom. The second-order valence-electron chi connectivity index (χ2n) is 6.92. The number of rotatable bonds is 9. The first kappa shape index (κ1) is 20.5. The Labute approximate surface area is 177 Å². The molecule has 8 nitrogen and oxygen atoms in total. The third-order valence-corrected chi connectivity index (χ3v) is 4.61. The Morgan fingerprint density at radius 3 is 2.65 bits per heavy atom. The molecule has 3 aromatic heterocycles. The first-order valence-electron chi connectivity index (χ1n) is 9.97. The van der Waals surface area contributed by atoms with E-state index in [1.807, 2.05) is 6.92 Å². The van der Waals surface area contributed by atoms with Crippen LogP contribution in [-0.4, -0.2) is 32.5 Å². The summed E-state index contributed by atoms with van der Waals surface area (Å²) < 4.78 is 29.6. The maximum Gasteiger partial charge on any atom is 0.283 e. The number of furan rings is 1. The van der Waals surface area contributed by atoms with Crippen molar-refractivity contribution < 1.29 is 22.4 Å². The number of aryl methyl sites for hydroxylation is 1. The number of carbonyl (C=O) groups is 1. The van der Waals surface area contributed by atoms with Crippen LogP contribution >= 0.6 is 0 Å². The summed E-state index contributed by atoms with van der Waals surface area (Å²) in [6.45, 7) is 2.77. The highest BCUT2D eigenvalue weighted by molar-refractivity contribution is 5.76. The number of benzene rings is 1. The van der Waals surface area contributed by atoms with Crippen molar-refractivity contribution in [1.82, 2.24) is 20.1 Å². The van der Waals surface area contributed by atoms with Crippen molar-refractivity contribution in [1.29, 1.82) is 0 Å². The fourth-order valence-electron chi connectivity index (χ4n) is 3.09. The van der Waals surface area contributed by atoms with E-state index in [4.69, 9.17) is 13.3 Å². The maximum absolute atomic E-state index is 13.1. The van der Waals surface area contributed by atoms with Crippen LogP contribution in [0.4, 0.5) is 4.39 Å². The molecule has 4 aromatic rings. The summed E-state index contributed by atoms with van der Waals surface area (Å²) >= 11 is 0. The minimum Gasteiger partial charge on any atom is -0.459 e. The fraction of sp³-hybridized carbons (Fsp3) is 0.273. The van der Waals surface area contributed by atoms with E-state index in [1.165, 1.54) is 18.4 Å². The lowest BCUT2D eigenvalue weighted by molar-refractivity contribution is -0.132. The van der Waals surface area contributed by atoms with Crippen molar-refractivity contribution in [2.24, 2.45) is 0 Å². The molecule has 31 heavy (non-hydrogen) atoms. The predicted octanol–water partition coefficient (Wildman–Crippen LogP) is 4.50. The zero-order valence-corrected chi connectivity index (χ0v) is 17.0. The van der Waals surface area contributed by atoms with Crippen LogP contribution in [0.5, 0.6) is 0 Å². The lowest BCUT2D eigenvalue weighted by Gasteiger charge is -2.19. The van der Waals surface area contributed by atoms with E-state index in [2.05, 4.69) is 15.2 Å². The van der Waals surface area contributed by atoms with Gasteiger partial charge in [-0.2, -0.15) is 0 Å². The molecule has 0 atom stereocenters. The van der Waals surface area contributed by atoms with Gasteiger partial charge in [0.25, 0.3) is 5.89 Å². The highest BCUT2D eigenvalue weighted by Gasteiger charge is 2.19. The second-order valence-corrected chi connectivity index (χ2v) is 6.92. The summed E-state index contributed by atoms with van der Waals surface area (Å²) in [5.74, 6) is 1.68. The van der Waals surface area contributed by atoms with E-state index in [0.717, 1.165) is 12.0 Å². The van der Waals surface area contributed by atoms with Gasteiger partial charge < -0.3 is 18.2 Å². The Morgan fingerprint density at radius 1 is 1.06 bits per heavy atom. The van der Waals surface area contributed by atoms with Gasteiger partial charge in [0.2, 0.25) is 11.8 Å². The fourth-order valence-corrected chi connectivity index (χ4v) is 3.09. The molecule has 0 bridgehead atoms. The molecule has 1 amide bonds. The van der Waals surface area contributed by atoms with E-state index in [1.54, 1.807) is 35.4 Å². The van der Waals surface area contributed by atoms with E-state index >= 15 is 0 Å². The van der Waals surface area contributed by atoms with Crippen molar-refractivity contribution >= 4 is 5.91 Å². The molecule has 3 heterocycles. The summed E-state index contributed by atoms with van der Waals surface area (Å²) in [5.41, 5.74) is 0.725. The third kappa shape index (κ3) is 5.06. The highest BCUT2D eigenvalue weighted by Crippen LogP contribution is 2.22. The number of hydrogen-bond acceptors (Lipinski definition) is 7. The van der Waals surface area contributed by atoms with Gasteiger partial charge in [0.15, 0.2) is 17.4 Å². The van der Waals surface area contributed by atoms with Crippen molar-refractivity contribution in [3.63, 3.8) is 0 Å². The molecule has 4 rings (SSSR count). The molecular weight excluding hydrogens is 403 g/mol. The number of aromatic nitrogens is 3. The molecule has 0 fully saturated rings. The summed E-state index contributed by atoms with van der Waals surface area (Å²) in [6.07, 6.45) is 4.46. The molecule has 0 saturated carbocycles. The molecule has 0 radical (unpaired) electrons. The lowest BCUT2D eigenvalue weighted by Crippen LogP contribution is -2.31. The van der Waals surface area contributed by atoms with Gasteiger partial charge in [0.1, 0.15) is 5.82 Å². The molecule has 9 heteroatoms.